The van der Waals surface area contributed by atoms with Crippen LogP contribution in [0.4, 0.5) is 0 Å². The predicted molar refractivity (Wildman–Crippen MR) is 138 cm³/mol. The fourth-order valence-electron chi connectivity index (χ4n) is 3.31. The van der Waals surface area contributed by atoms with E-state index in [0.717, 1.165) is 6.26 Å². The van der Waals surface area contributed by atoms with Gasteiger partial charge in [-0.25, -0.2) is 13.2 Å². The highest BCUT2D eigenvalue weighted by Crippen LogP contribution is 2.27. The highest BCUT2D eigenvalue weighted by molar-refractivity contribution is 7.90. The maximum atomic E-state index is 12.9. The predicted octanol–water partition coefficient (Wildman–Crippen LogP) is 3.75. The Labute approximate surface area is 223 Å². The van der Waals surface area contributed by atoms with Gasteiger partial charge in [0.25, 0.3) is 5.91 Å². The van der Waals surface area contributed by atoms with Gasteiger partial charge in [0.15, 0.2) is 9.84 Å². The van der Waals surface area contributed by atoms with Crippen molar-refractivity contribution in [3.05, 3.63) is 93.4 Å². The lowest BCUT2D eigenvalue weighted by Gasteiger charge is -2.17. The van der Waals surface area contributed by atoms with Crippen LogP contribution in [0.3, 0.4) is 0 Å². The second kappa shape index (κ2) is 12.1. The van der Waals surface area contributed by atoms with Gasteiger partial charge in [-0.3, -0.25) is 9.59 Å². The van der Waals surface area contributed by atoms with Crippen molar-refractivity contribution in [2.75, 3.05) is 6.26 Å². The summed E-state index contributed by atoms with van der Waals surface area (Å²) in [6.07, 6.45) is 5.14. The van der Waals surface area contributed by atoms with Gasteiger partial charge in [-0.15, -0.1) is 0 Å². The molecule has 12 heteroatoms. The van der Waals surface area contributed by atoms with Crippen molar-refractivity contribution in [1.29, 1.82) is 0 Å². The molecule has 0 aliphatic rings. The molecule has 0 fully saturated rings. The molecular formula is C25H22Cl2N2O7S. The molecule has 0 saturated carbocycles. The first kappa shape index (κ1) is 28.0. The van der Waals surface area contributed by atoms with Crippen LogP contribution in [0.25, 0.3) is 6.08 Å². The topological polar surface area (TPSA) is 143 Å². The fraction of sp³-hybridized carbons (Fsp3) is 0.160. The van der Waals surface area contributed by atoms with Crippen LogP contribution >= 0.6 is 23.2 Å². The first-order valence-corrected chi connectivity index (χ1v) is 13.4. The Morgan fingerprint density at radius 1 is 1.05 bits per heavy atom. The van der Waals surface area contributed by atoms with Gasteiger partial charge in [-0.05, 0) is 53.6 Å². The largest absolute Gasteiger partial charge is 0.480 e. The lowest BCUT2D eigenvalue weighted by Crippen LogP contribution is -2.42. The number of carboxylic acid groups (broad SMARTS) is 1. The number of rotatable bonds is 10. The Bertz CT molecular complexity index is 1430. The Hall–Kier alpha value is -3.60. The second-order valence-corrected chi connectivity index (χ2v) is 10.8. The van der Waals surface area contributed by atoms with Gasteiger partial charge >= 0.3 is 5.97 Å². The summed E-state index contributed by atoms with van der Waals surface area (Å²) in [4.78, 5) is 36.7. The van der Waals surface area contributed by atoms with Crippen LogP contribution in [0.15, 0.2) is 70.2 Å². The number of amides is 2. The lowest BCUT2D eigenvalue weighted by atomic mass is 10.0. The number of carbonyl (C=O) groups excluding carboxylic acids is 2. The monoisotopic (exact) mass is 564 g/mol. The molecule has 0 saturated heterocycles. The molecule has 3 N–H and O–H groups in total. The molecule has 3 rings (SSSR count). The van der Waals surface area contributed by atoms with Crippen molar-refractivity contribution in [2.45, 2.75) is 23.9 Å². The standard InChI is InChI=1S/C25H22Cl2N2O7S/c1-37(34,35)18-6-2-4-15(10-18)13-21(25(32)33)29-24(31)23-19(26)11-16(12-20(23)27)14-28-22(30)8-7-17-5-3-9-36-17/h2-12,21H,13-14H2,1H3,(H,28,30)(H,29,31)(H,32,33)/b8-7+/t21-/m0/s1. The van der Waals surface area contributed by atoms with E-state index in [1.165, 1.54) is 48.7 Å². The Morgan fingerprint density at radius 3 is 2.35 bits per heavy atom. The summed E-state index contributed by atoms with van der Waals surface area (Å²) >= 11 is 12.5. The number of furan rings is 1. The molecule has 0 aliphatic heterocycles. The third-order valence-corrected chi connectivity index (χ3v) is 6.81. The first-order chi connectivity index (χ1) is 17.4. The van der Waals surface area contributed by atoms with E-state index < -0.39 is 33.7 Å². The van der Waals surface area contributed by atoms with E-state index in [1.54, 1.807) is 18.2 Å². The zero-order chi connectivity index (χ0) is 27.2. The second-order valence-electron chi connectivity index (χ2n) is 7.99. The molecule has 9 nitrogen and oxygen atoms in total. The number of aliphatic carboxylic acids is 1. The molecule has 2 amide bonds. The molecule has 0 radical (unpaired) electrons. The third-order valence-electron chi connectivity index (χ3n) is 5.11. The Balaban J connectivity index is 1.69. The van der Waals surface area contributed by atoms with Crippen molar-refractivity contribution >= 4 is 56.9 Å². The van der Waals surface area contributed by atoms with Gasteiger partial charge in [0.1, 0.15) is 11.8 Å². The average molecular weight is 565 g/mol. The van der Waals surface area contributed by atoms with E-state index in [4.69, 9.17) is 27.6 Å². The van der Waals surface area contributed by atoms with Crippen LogP contribution in [0.2, 0.25) is 10.0 Å². The summed E-state index contributed by atoms with van der Waals surface area (Å²) in [6.45, 7) is 0.0666. The number of sulfone groups is 1. The van der Waals surface area contributed by atoms with E-state index in [0.29, 0.717) is 16.9 Å². The normalized spacial score (nSPS) is 12.3. The van der Waals surface area contributed by atoms with Crippen molar-refractivity contribution in [2.24, 2.45) is 0 Å². The minimum atomic E-state index is -3.49. The molecular weight excluding hydrogens is 543 g/mol. The van der Waals surface area contributed by atoms with Gasteiger partial charge in [-0.1, -0.05) is 35.3 Å². The van der Waals surface area contributed by atoms with E-state index in [-0.39, 0.29) is 33.5 Å². The lowest BCUT2D eigenvalue weighted by molar-refractivity contribution is -0.139. The number of carboxylic acids is 1. The number of hydrogen-bond donors (Lipinski definition) is 3. The number of benzene rings is 2. The molecule has 0 aliphatic carbocycles. The minimum Gasteiger partial charge on any atom is -0.480 e. The van der Waals surface area contributed by atoms with Gasteiger partial charge in [-0.2, -0.15) is 0 Å². The van der Waals surface area contributed by atoms with E-state index >= 15 is 0 Å². The highest BCUT2D eigenvalue weighted by atomic mass is 35.5. The number of nitrogens with one attached hydrogen (secondary N) is 2. The molecule has 37 heavy (non-hydrogen) atoms. The van der Waals surface area contributed by atoms with Gasteiger partial charge in [0.2, 0.25) is 5.91 Å². The highest BCUT2D eigenvalue weighted by Gasteiger charge is 2.25. The molecule has 1 atom stereocenters. The third kappa shape index (κ3) is 7.94. The van der Waals surface area contributed by atoms with Gasteiger partial charge in [0.05, 0.1) is 26.8 Å². The summed E-state index contributed by atoms with van der Waals surface area (Å²) in [5.41, 5.74) is 0.783. The number of halogens is 2. The molecule has 1 aromatic heterocycles. The molecule has 0 unspecified atom stereocenters. The zero-order valence-electron chi connectivity index (χ0n) is 19.4. The van der Waals surface area contributed by atoms with E-state index in [9.17, 15) is 27.9 Å². The van der Waals surface area contributed by atoms with Gasteiger partial charge in [0, 0.05) is 25.3 Å². The van der Waals surface area contributed by atoms with E-state index in [1.807, 2.05) is 0 Å². The maximum absolute atomic E-state index is 12.9. The first-order valence-electron chi connectivity index (χ1n) is 10.7. The Morgan fingerprint density at radius 2 is 1.76 bits per heavy atom. The summed E-state index contributed by atoms with van der Waals surface area (Å²) in [7, 11) is -3.49. The summed E-state index contributed by atoms with van der Waals surface area (Å²) in [5.74, 6) is -2.03. The van der Waals surface area contributed by atoms with Crippen LogP contribution in [0.1, 0.15) is 27.2 Å². The van der Waals surface area contributed by atoms with Crippen LogP contribution in [0, 0.1) is 0 Å². The molecule has 0 spiro atoms. The van der Waals surface area contributed by atoms with Crippen molar-refractivity contribution < 1.29 is 32.3 Å². The SMILES string of the molecule is CS(=O)(=O)c1cccc(C[C@H](NC(=O)c2c(Cl)cc(CNC(=O)/C=C/c3ccco3)cc2Cl)C(=O)O)c1. The van der Waals surface area contributed by atoms with Crippen LogP contribution in [-0.2, 0) is 32.4 Å². The zero-order valence-corrected chi connectivity index (χ0v) is 21.7. The summed E-state index contributed by atoms with van der Waals surface area (Å²) in [5, 5.41) is 14.6. The average Bonchev–Trinajstić information content (AvgIpc) is 3.34. The van der Waals surface area contributed by atoms with E-state index in [2.05, 4.69) is 10.6 Å². The molecule has 0 bridgehead atoms. The smallest absolute Gasteiger partial charge is 0.326 e. The molecule has 2 aromatic carbocycles. The minimum absolute atomic E-state index is 0.0330. The summed E-state index contributed by atoms with van der Waals surface area (Å²) < 4.78 is 28.7. The molecule has 194 valence electrons. The number of carbonyl (C=O) groups is 3. The number of hydrogen-bond acceptors (Lipinski definition) is 6. The van der Waals surface area contributed by atoms with Crippen molar-refractivity contribution in [3.8, 4) is 0 Å². The van der Waals surface area contributed by atoms with Crippen molar-refractivity contribution in [1.82, 2.24) is 10.6 Å². The van der Waals surface area contributed by atoms with Crippen LogP contribution in [-0.4, -0.2) is 43.6 Å². The quantitative estimate of drug-likeness (QED) is 0.318. The summed E-state index contributed by atoms with van der Waals surface area (Å²) in [6, 6.07) is 10.7. The Kier molecular flexibility index (Phi) is 9.14. The van der Waals surface area contributed by atoms with Crippen LogP contribution < -0.4 is 10.6 Å². The van der Waals surface area contributed by atoms with Gasteiger partial charge < -0.3 is 20.2 Å². The van der Waals surface area contributed by atoms with Crippen molar-refractivity contribution in [3.63, 3.8) is 0 Å². The van der Waals surface area contributed by atoms with Crippen LogP contribution in [0.5, 0.6) is 0 Å². The molecule has 1 heterocycles. The molecule has 3 aromatic rings. The maximum Gasteiger partial charge on any atom is 0.326 e. The fourth-order valence-corrected chi connectivity index (χ4v) is 4.70.